The van der Waals surface area contributed by atoms with Crippen LogP contribution in [0.4, 0.5) is 0 Å². The second-order valence-corrected chi connectivity index (χ2v) is 15.3. The van der Waals surface area contributed by atoms with Crippen molar-refractivity contribution in [1.29, 1.82) is 0 Å². The van der Waals surface area contributed by atoms with Gasteiger partial charge in [-0.15, -0.1) is 0 Å². The first-order valence-electron chi connectivity index (χ1n) is 15.8. The van der Waals surface area contributed by atoms with E-state index in [1.54, 1.807) is 7.11 Å². The lowest BCUT2D eigenvalue weighted by molar-refractivity contribution is -0.156. The minimum absolute atomic E-state index is 0.00728. The Kier molecular flexibility index (Phi) is 6.23. The number of unbranched alkanes of at least 4 members (excludes halogenated alkanes) is 2. The monoisotopic (exact) mass is 534 g/mol. The van der Waals surface area contributed by atoms with Crippen LogP contribution in [0, 0.1) is 16.7 Å². The van der Waals surface area contributed by atoms with Crippen LogP contribution in [0.2, 0.25) is 0 Å². The minimum atomic E-state index is -0.425. The van der Waals surface area contributed by atoms with Crippen LogP contribution in [0.1, 0.15) is 95.6 Å². The molecule has 1 spiro atoms. The van der Waals surface area contributed by atoms with Crippen molar-refractivity contribution >= 4 is 0 Å². The quantitative estimate of drug-likeness (QED) is 0.324. The fourth-order valence-corrected chi connectivity index (χ4v) is 11.1. The van der Waals surface area contributed by atoms with E-state index in [0.29, 0.717) is 22.8 Å². The molecule has 7 aliphatic rings. The van der Waals surface area contributed by atoms with Crippen LogP contribution in [-0.2, 0) is 12.0 Å². The van der Waals surface area contributed by atoms with E-state index in [9.17, 15) is 5.11 Å². The lowest BCUT2D eigenvalue weighted by atomic mass is 9.42. The van der Waals surface area contributed by atoms with E-state index in [1.165, 1.54) is 75.5 Å². The van der Waals surface area contributed by atoms with Gasteiger partial charge in [-0.3, -0.25) is 4.90 Å². The Balaban J connectivity index is 0.971. The second-order valence-electron chi connectivity index (χ2n) is 15.3. The molecule has 8 rings (SSSR count). The molecule has 5 heteroatoms. The number of methoxy groups -OCH3 is 1. The molecular weight excluding hydrogens is 484 g/mol. The lowest BCUT2D eigenvalue weighted by Gasteiger charge is -2.67. The van der Waals surface area contributed by atoms with Crippen molar-refractivity contribution in [2.75, 3.05) is 33.8 Å². The van der Waals surface area contributed by atoms with Crippen molar-refractivity contribution in [2.45, 2.75) is 114 Å². The molecule has 5 nitrogen and oxygen atoms in total. The van der Waals surface area contributed by atoms with Crippen LogP contribution in [0.25, 0.3) is 0 Å². The largest absolute Gasteiger partial charge is 0.493 e. The Morgan fingerprint density at radius 2 is 1.87 bits per heavy atom. The van der Waals surface area contributed by atoms with Gasteiger partial charge in [-0.1, -0.05) is 38.5 Å². The highest BCUT2D eigenvalue weighted by Gasteiger charge is 2.61. The fourth-order valence-electron chi connectivity index (χ4n) is 11.1. The minimum Gasteiger partial charge on any atom is -0.493 e. The van der Waals surface area contributed by atoms with Crippen molar-refractivity contribution in [3.63, 3.8) is 0 Å². The van der Waals surface area contributed by atoms with Gasteiger partial charge in [-0.2, -0.15) is 0 Å². The van der Waals surface area contributed by atoms with Gasteiger partial charge >= 0.3 is 0 Å². The Hall–Kier alpha value is -1.56. The highest BCUT2D eigenvalue weighted by atomic mass is 16.5. The number of ether oxygens (including phenoxy) is 2. The molecule has 2 unspecified atom stereocenters. The van der Waals surface area contributed by atoms with Gasteiger partial charge in [0.2, 0.25) is 0 Å². The molecule has 2 heterocycles. The summed E-state index contributed by atoms with van der Waals surface area (Å²) in [7, 11) is 4.17. The molecular formula is C34H50N2O3. The molecule has 4 fully saturated rings. The van der Waals surface area contributed by atoms with Gasteiger partial charge in [0.1, 0.15) is 6.10 Å². The van der Waals surface area contributed by atoms with Crippen LogP contribution < -0.4 is 9.47 Å². The van der Waals surface area contributed by atoms with Gasteiger partial charge in [-0.25, -0.2) is 0 Å². The maximum absolute atomic E-state index is 10.3. The summed E-state index contributed by atoms with van der Waals surface area (Å²) in [6.07, 6.45) is 18.1. The summed E-state index contributed by atoms with van der Waals surface area (Å²) in [6.45, 7) is 9.64. The third-order valence-corrected chi connectivity index (χ3v) is 11.9. The SMILES string of the molecule is COc1ccc2c3c1O[C@H]1C[C@@H](O)C=C[C@@]31CCN(CCCCCN(C)C13CC4CC(C)(CC(C)(C4)C1)C3)C2. The van der Waals surface area contributed by atoms with E-state index >= 15 is 0 Å². The topological polar surface area (TPSA) is 45.2 Å². The maximum atomic E-state index is 10.3. The molecule has 1 N–H and O–H groups in total. The first kappa shape index (κ1) is 26.3. The zero-order valence-electron chi connectivity index (χ0n) is 24.8. The average Bonchev–Trinajstić information content (AvgIpc) is 3.10. The van der Waals surface area contributed by atoms with Crippen molar-refractivity contribution in [1.82, 2.24) is 9.80 Å². The third-order valence-electron chi connectivity index (χ3n) is 11.9. The number of aliphatic hydroxyl groups is 1. The summed E-state index contributed by atoms with van der Waals surface area (Å²) in [4.78, 5) is 5.47. The molecule has 4 saturated carbocycles. The van der Waals surface area contributed by atoms with E-state index in [2.05, 4.69) is 48.9 Å². The lowest BCUT2D eigenvalue weighted by Crippen LogP contribution is -2.64. The van der Waals surface area contributed by atoms with Crippen LogP contribution in [0.3, 0.4) is 0 Å². The smallest absolute Gasteiger partial charge is 0.166 e. The number of aliphatic hydroxyl groups excluding tert-OH is 1. The molecule has 4 bridgehead atoms. The molecule has 1 aromatic carbocycles. The molecule has 214 valence electrons. The van der Waals surface area contributed by atoms with Crippen LogP contribution in [0.15, 0.2) is 24.3 Å². The molecule has 1 aromatic rings. The van der Waals surface area contributed by atoms with E-state index in [-0.39, 0.29) is 11.5 Å². The highest BCUT2D eigenvalue weighted by molar-refractivity contribution is 5.61. The van der Waals surface area contributed by atoms with Gasteiger partial charge in [0.15, 0.2) is 11.5 Å². The zero-order chi connectivity index (χ0) is 27.0. The molecule has 39 heavy (non-hydrogen) atoms. The Labute approximate surface area is 235 Å². The Morgan fingerprint density at radius 1 is 1.08 bits per heavy atom. The molecule has 0 amide bonds. The van der Waals surface area contributed by atoms with Crippen molar-refractivity contribution in [2.24, 2.45) is 16.7 Å². The number of benzene rings is 1. The number of hydrogen-bond acceptors (Lipinski definition) is 5. The molecule has 5 atom stereocenters. The highest BCUT2D eigenvalue weighted by Crippen LogP contribution is 2.67. The van der Waals surface area contributed by atoms with Gasteiger partial charge < -0.3 is 19.5 Å². The number of rotatable bonds is 8. The molecule has 0 aromatic heterocycles. The van der Waals surface area contributed by atoms with Gasteiger partial charge in [0, 0.05) is 24.1 Å². The second kappa shape index (κ2) is 9.22. The van der Waals surface area contributed by atoms with Crippen molar-refractivity contribution in [3.8, 4) is 11.5 Å². The third kappa shape index (κ3) is 4.28. The first-order chi connectivity index (χ1) is 18.6. The summed E-state index contributed by atoms with van der Waals surface area (Å²) in [5, 5.41) is 10.3. The zero-order valence-corrected chi connectivity index (χ0v) is 24.8. The Bertz CT molecular complexity index is 1130. The van der Waals surface area contributed by atoms with Gasteiger partial charge in [0.25, 0.3) is 0 Å². The summed E-state index contributed by atoms with van der Waals surface area (Å²) in [5.74, 6) is 2.70. The number of hydrogen-bond donors (Lipinski definition) is 1. The fraction of sp³-hybridized carbons (Fsp3) is 0.765. The van der Waals surface area contributed by atoms with Crippen molar-refractivity contribution in [3.05, 3.63) is 35.4 Å². The van der Waals surface area contributed by atoms with Gasteiger partial charge in [0.05, 0.1) is 18.6 Å². The predicted molar refractivity (Wildman–Crippen MR) is 155 cm³/mol. The standard InChI is InChI=1S/C34H50N2O3/c1-31-17-24-18-32(2,21-31)23-33(19-24,22-31)35(3)13-6-5-7-14-36-15-12-34-11-10-26(37)16-28(34)39-30-27(38-4)9-8-25(20-36)29(30)34/h8-11,24,26,28,37H,5-7,12-23H2,1-4H3/t24?,26-,28-,31?,32?,33?,34-/m0/s1. The van der Waals surface area contributed by atoms with E-state index in [0.717, 1.165) is 43.5 Å². The molecule has 0 radical (unpaired) electrons. The summed E-state index contributed by atoms with van der Waals surface area (Å²) in [5.41, 5.74) is 4.20. The van der Waals surface area contributed by atoms with Crippen LogP contribution >= 0.6 is 0 Å². The Morgan fingerprint density at radius 3 is 2.62 bits per heavy atom. The number of nitrogens with zero attached hydrogens (tertiary/aromatic N) is 2. The molecule has 0 saturated heterocycles. The predicted octanol–water partition coefficient (Wildman–Crippen LogP) is 6.07. The van der Waals surface area contributed by atoms with Crippen LogP contribution in [0.5, 0.6) is 11.5 Å². The van der Waals surface area contributed by atoms with Crippen LogP contribution in [-0.4, -0.2) is 66.4 Å². The van der Waals surface area contributed by atoms with E-state index < -0.39 is 6.10 Å². The molecule has 5 aliphatic carbocycles. The first-order valence-corrected chi connectivity index (χ1v) is 15.8. The van der Waals surface area contributed by atoms with E-state index in [4.69, 9.17) is 9.47 Å². The molecule has 2 aliphatic heterocycles. The average molecular weight is 535 g/mol. The maximum Gasteiger partial charge on any atom is 0.166 e. The van der Waals surface area contributed by atoms with Crippen molar-refractivity contribution < 1.29 is 14.6 Å². The van der Waals surface area contributed by atoms with E-state index in [1.807, 2.05) is 6.08 Å². The summed E-state index contributed by atoms with van der Waals surface area (Å²) >= 11 is 0. The normalized spacial score (nSPS) is 41.8. The summed E-state index contributed by atoms with van der Waals surface area (Å²) < 4.78 is 12.2. The van der Waals surface area contributed by atoms with Gasteiger partial charge in [-0.05, 0) is 113 Å². The summed E-state index contributed by atoms with van der Waals surface area (Å²) in [6, 6.07) is 4.33.